The van der Waals surface area contributed by atoms with Crippen LogP contribution in [0.25, 0.3) is 0 Å². The maximum Gasteiger partial charge on any atom is 0.335 e. The number of aromatic carboxylic acids is 1. The van der Waals surface area contributed by atoms with Crippen molar-refractivity contribution in [2.75, 3.05) is 38.1 Å². The Hall–Kier alpha value is -1.59. The molecule has 0 aromatic heterocycles. The van der Waals surface area contributed by atoms with E-state index in [0.29, 0.717) is 5.56 Å². The van der Waals surface area contributed by atoms with Crippen molar-refractivity contribution in [2.45, 2.75) is 25.3 Å². The molecule has 114 valence electrons. The first kappa shape index (κ1) is 14.4. The van der Waals surface area contributed by atoms with Crippen LogP contribution in [0.3, 0.4) is 0 Å². The van der Waals surface area contributed by atoms with Crippen molar-refractivity contribution in [1.29, 1.82) is 0 Å². The molecule has 1 saturated heterocycles. The van der Waals surface area contributed by atoms with Crippen molar-refractivity contribution < 1.29 is 9.90 Å². The molecular formula is C16H23N3O2. The van der Waals surface area contributed by atoms with Crippen LogP contribution >= 0.6 is 0 Å². The van der Waals surface area contributed by atoms with E-state index < -0.39 is 5.97 Å². The SMILES string of the molecule is CN1CCN(c2ccc(C(=O)O)c3c2C[C@H](N)CC3)CC1. The second-order valence-electron chi connectivity index (χ2n) is 6.19. The van der Waals surface area contributed by atoms with E-state index in [1.165, 1.54) is 11.3 Å². The van der Waals surface area contributed by atoms with Crippen molar-refractivity contribution in [3.63, 3.8) is 0 Å². The van der Waals surface area contributed by atoms with Gasteiger partial charge in [-0.05, 0) is 49.6 Å². The van der Waals surface area contributed by atoms with Crippen molar-refractivity contribution in [1.82, 2.24) is 4.90 Å². The van der Waals surface area contributed by atoms with Gasteiger partial charge in [0.15, 0.2) is 0 Å². The predicted molar refractivity (Wildman–Crippen MR) is 83.1 cm³/mol. The molecule has 1 aromatic carbocycles. The zero-order chi connectivity index (χ0) is 15.0. The van der Waals surface area contributed by atoms with Gasteiger partial charge < -0.3 is 20.6 Å². The van der Waals surface area contributed by atoms with E-state index in [4.69, 9.17) is 5.73 Å². The van der Waals surface area contributed by atoms with Crippen LogP contribution < -0.4 is 10.6 Å². The smallest absolute Gasteiger partial charge is 0.335 e. The number of carbonyl (C=O) groups is 1. The van der Waals surface area contributed by atoms with Gasteiger partial charge in [0.1, 0.15) is 0 Å². The Bertz CT molecular complexity index is 551. The molecule has 5 heteroatoms. The minimum atomic E-state index is -0.827. The number of fused-ring (bicyclic) bond motifs is 1. The van der Waals surface area contributed by atoms with E-state index in [9.17, 15) is 9.90 Å². The van der Waals surface area contributed by atoms with Gasteiger partial charge in [0.05, 0.1) is 5.56 Å². The van der Waals surface area contributed by atoms with Gasteiger partial charge in [-0.3, -0.25) is 0 Å². The first-order valence-corrected chi connectivity index (χ1v) is 7.63. The summed E-state index contributed by atoms with van der Waals surface area (Å²) < 4.78 is 0. The molecule has 1 heterocycles. The molecular weight excluding hydrogens is 266 g/mol. The van der Waals surface area contributed by atoms with Crippen LogP contribution in [0.15, 0.2) is 12.1 Å². The zero-order valence-electron chi connectivity index (χ0n) is 12.5. The Balaban J connectivity index is 1.99. The van der Waals surface area contributed by atoms with Gasteiger partial charge in [-0.2, -0.15) is 0 Å². The number of hydrogen-bond acceptors (Lipinski definition) is 4. The van der Waals surface area contributed by atoms with Crippen LogP contribution in [0.5, 0.6) is 0 Å². The number of nitrogens with zero attached hydrogens (tertiary/aromatic N) is 2. The van der Waals surface area contributed by atoms with E-state index in [0.717, 1.165) is 51.0 Å². The molecule has 3 N–H and O–H groups in total. The number of carboxylic acid groups (broad SMARTS) is 1. The van der Waals surface area contributed by atoms with E-state index in [1.54, 1.807) is 6.07 Å². The predicted octanol–water partition coefficient (Wildman–Crippen LogP) is 0.953. The van der Waals surface area contributed by atoms with E-state index in [1.807, 2.05) is 6.07 Å². The fraction of sp³-hybridized carbons (Fsp3) is 0.562. The average molecular weight is 289 g/mol. The normalized spacial score (nSPS) is 23.0. The Kier molecular flexibility index (Phi) is 3.87. The summed E-state index contributed by atoms with van der Waals surface area (Å²) >= 11 is 0. The lowest BCUT2D eigenvalue weighted by Gasteiger charge is -2.37. The van der Waals surface area contributed by atoms with Gasteiger partial charge >= 0.3 is 5.97 Å². The molecule has 0 radical (unpaired) electrons. The first-order chi connectivity index (χ1) is 10.1. The number of anilines is 1. The largest absolute Gasteiger partial charge is 0.478 e. The zero-order valence-corrected chi connectivity index (χ0v) is 12.5. The quantitative estimate of drug-likeness (QED) is 0.848. The summed E-state index contributed by atoms with van der Waals surface area (Å²) in [6, 6.07) is 3.89. The number of carboxylic acids is 1. The summed E-state index contributed by atoms with van der Waals surface area (Å²) in [6.07, 6.45) is 2.44. The molecule has 1 atom stereocenters. The minimum absolute atomic E-state index is 0.146. The number of likely N-dealkylation sites (N-methyl/N-ethyl adjacent to an activating group) is 1. The molecule has 21 heavy (non-hydrogen) atoms. The second-order valence-corrected chi connectivity index (χ2v) is 6.19. The molecule has 0 bridgehead atoms. The van der Waals surface area contributed by atoms with Gasteiger partial charge in [0, 0.05) is 37.9 Å². The number of piperazine rings is 1. The monoisotopic (exact) mass is 289 g/mol. The second kappa shape index (κ2) is 5.66. The highest BCUT2D eigenvalue weighted by atomic mass is 16.4. The van der Waals surface area contributed by atoms with Crippen LogP contribution in [0.1, 0.15) is 27.9 Å². The molecule has 1 aromatic rings. The van der Waals surface area contributed by atoms with Gasteiger partial charge in [0.2, 0.25) is 0 Å². The first-order valence-electron chi connectivity index (χ1n) is 7.63. The van der Waals surface area contributed by atoms with E-state index >= 15 is 0 Å². The Morgan fingerprint density at radius 2 is 1.95 bits per heavy atom. The number of rotatable bonds is 2. The van der Waals surface area contributed by atoms with Crippen molar-refractivity contribution in [3.8, 4) is 0 Å². The number of hydrogen-bond donors (Lipinski definition) is 2. The molecule has 1 fully saturated rings. The maximum atomic E-state index is 11.4. The average Bonchev–Trinajstić information content (AvgIpc) is 2.46. The lowest BCUT2D eigenvalue weighted by molar-refractivity contribution is 0.0695. The lowest BCUT2D eigenvalue weighted by Crippen LogP contribution is -2.45. The highest BCUT2D eigenvalue weighted by molar-refractivity contribution is 5.91. The highest BCUT2D eigenvalue weighted by Gasteiger charge is 2.26. The van der Waals surface area contributed by atoms with Crippen LogP contribution in [0.4, 0.5) is 5.69 Å². The van der Waals surface area contributed by atoms with Crippen LogP contribution in [0.2, 0.25) is 0 Å². The Morgan fingerprint density at radius 3 is 2.62 bits per heavy atom. The minimum Gasteiger partial charge on any atom is -0.478 e. The molecule has 0 amide bonds. The number of benzene rings is 1. The Labute approximate surface area is 125 Å². The molecule has 1 aliphatic heterocycles. The van der Waals surface area contributed by atoms with Crippen LogP contribution in [-0.4, -0.2) is 55.2 Å². The van der Waals surface area contributed by atoms with Crippen LogP contribution in [0, 0.1) is 0 Å². The van der Waals surface area contributed by atoms with E-state index in [-0.39, 0.29) is 6.04 Å². The molecule has 0 spiro atoms. The third kappa shape index (κ3) is 2.76. The molecule has 5 nitrogen and oxygen atoms in total. The third-order valence-corrected chi connectivity index (χ3v) is 4.71. The third-order valence-electron chi connectivity index (χ3n) is 4.71. The molecule has 2 aliphatic rings. The summed E-state index contributed by atoms with van der Waals surface area (Å²) in [4.78, 5) is 16.1. The van der Waals surface area contributed by atoms with Crippen molar-refractivity contribution in [3.05, 3.63) is 28.8 Å². The maximum absolute atomic E-state index is 11.4. The summed E-state index contributed by atoms with van der Waals surface area (Å²) in [5.41, 5.74) is 9.93. The molecule has 0 saturated carbocycles. The van der Waals surface area contributed by atoms with Gasteiger partial charge in [0.25, 0.3) is 0 Å². The molecule has 3 rings (SSSR count). The summed E-state index contributed by atoms with van der Waals surface area (Å²) in [6.45, 7) is 4.07. The lowest BCUT2D eigenvalue weighted by atomic mass is 9.84. The van der Waals surface area contributed by atoms with Crippen molar-refractivity contribution in [2.24, 2.45) is 5.73 Å². The number of nitrogens with two attached hydrogens (primary N) is 1. The topological polar surface area (TPSA) is 69.8 Å². The Morgan fingerprint density at radius 1 is 1.24 bits per heavy atom. The molecule has 0 unspecified atom stereocenters. The van der Waals surface area contributed by atoms with Gasteiger partial charge in [-0.25, -0.2) is 4.79 Å². The van der Waals surface area contributed by atoms with Gasteiger partial charge in [-0.15, -0.1) is 0 Å². The fourth-order valence-electron chi connectivity index (χ4n) is 3.43. The highest BCUT2D eigenvalue weighted by Crippen LogP contribution is 2.33. The van der Waals surface area contributed by atoms with E-state index in [2.05, 4.69) is 16.8 Å². The van der Waals surface area contributed by atoms with Crippen LogP contribution in [-0.2, 0) is 12.8 Å². The van der Waals surface area contributed by atoms with Gasteiger partial charge in [-0.1, -0.05) is 0 Å². The summed E-state index contributed by atoms with van der Waals surface area (Å²) in [7, 11) is 2.14. The summed E-state index contributed by atoms with van der Waals surface area (Å²) in [5.74, 6) is -0.827. The standard InChI is InChI=1S/C16H23N3O2/c1-18-6-8-19(9-7-18)15-5-4-13(16(20)21)12-3-2-11(17)10-14(12)15/h4-5,11H,2-3,6-10,17H2,1H3,(H,20,21)/t11-/m1/s1. The fourth-order valence-corrected chi connectivity index (χ4v) is 3.43. The molecule has 1 aliphatic carbocycles. The van der Waals surface area contributed by atoms with Crippen molar-refractivity contribution >= 4 is 11.7 Å². The summed E-state index contributed by atoms with van der Waals surface area (Å²) in [5, 5.41) is 9.39.